The molecule has 0 unspecified atom stereocenters. The van der Waals surface area contributed by atoms with Gasteiger partial charge in [0.05, 0.1) is 10.5 Å². The summed E-state index contributed by atoms with van der Waals surface area (Å²) in [6.45, 7) is 4.46. The average Bonchev–Trinajstić information content (AvgIpc) is 2.81. The van der Waals surface area contributed by atoms with E-state index in [4.69, 9.17) is 0 Å². The molecule has 1 saturated heterocycles. The van der Waals surface area contributed by atoms with Gasteiger partial charge in [-0.2, -0.15) is 13.2 Å². The molecule has 3 rings (SSSR count). The number of hydrogen-bond acceptors (Lipinski definition) is 5. The fourth-order valence-corrected chi connectivity index (χ4v) is 3.81. The lowest BCUT2D eigenvalue weighted by Crippen LogP contribution is -2.56. The summed E-state index contributed by atoms with van der Waals surface area (Å²) in [5, 5.41) is 14.2. The maximum absolute atomic E-state index is 13.1. The molecular formula is C23H25F3N4O4. The van der Waals surface area contributed by atoms with Crippen molar-refractivity contribution < 1.29 is 27.7 Å². The first-order valence-corrected chi connectivity index (χ1v) is 10.7. The molecule has 0 saturated carbocycles. The Bertz CT molecular complexity index is 1050. The molecule has 1 fully saturated rings. The van der Waals surface area contributed by atoms with Crippen LogP contribution in [0.25, 0.3) is 0 Å². The Hall–Kier alpha value is -3.63. The molecule has 0 bridgehead atoms. The van der Waals surface area contributed by atoms with Crippen LogP contribution in [0, 0.1) is 16.0 Å². The van der Waals surface area contributed by atoms with Crippen LogP contribution >= 0.6 is 0 Å². The Morgan fingerprint density at radius 2 is 1.65 bits per heavy atom. The number of nitro groups is 1. The molecule has 2 amide bonds. The van der Waals surface area contributed by atoms with E-state index in [1.165, 1.54) is 0 Å². The largest absolute Gasteiger partial charge is 0.416 e. The van der Waals surface area contributed by atoms with Crippen LogP contribution < -0.4 is 10.2 Å². The van der Waals surface area contributed by atoms with E-state index in [9.17, 15) is 32.9 Å². The van der Waals surface area contributed by atoms with E-state index in [0.717, 1.165) is 12.1 Å². The van der Waals surface area contributed by atoms with Gasteiger partial charge in [0.2, 0.25) is 5.91 Å². The molecule has 2 aromatic rings. The minimum Gasteiger partial charge on any atom is -0.362 e. The molecule has 0 radical (unpaired) electrons. The zero-order chi connectivity index (χ0) is 25.0. The number of hydrogen-bond donors (Lipinski definition) is 1. The summed E-state index contributed by atoms with van der Waals surface area (Å²) in [7, 11) is 0. The Labute approximate surface area is 194 Å². The highest BCUT2D eigenvalue weighted by molar-refractivity contribution is 5.97. The second kappa shape index (κ2) is 10.1. The number of carbonyl (C=O) groups is 2. The maximum atomic E-state index is 13.1. The van der Waals surface area contributed by atoms with Gasteiger partial charge in [-0.1, -0.05) is 32.0 Å². The Balaban J connectivity index is 1.70. The van der Waals surface area contributed by atoms with Crippen LogP contribution in [-0.4, -0.2) is 53.9 Å². The molecule has 1 aliphatic heterocycles. The quantitative estimate of drug-likeness (QED) is 0.504. The fraction of sp³-hybridized carbons (Fsp3) is 0.391. The molecular weight excluding hydrogens is 453 g/mol. The van der Waals surface area contributed by atoms with E-state index in [2.05, 4.69) is 5.32 Å². The zero-order valence-corrected chi connectivity index (χ0v) is 18.7. The summed E-state index contributed by atoms with van der Waals surface area (Å²) in [5.41, 5.74) is -1.22. The molecule has 11 heteroatoms. The summed E-state index contributed by atoms with van der Waals surface area (Å²) in [4.78, 5) is 39.4. The normalized spacial score (nSPS) is 15.2. The van der Waals surface area contributed by atoms with Gasteiger partial charge in [-0.25, -0.2) is 0 Å². The summed E-state index contributed by atoms with van der Waals surface area (Å²) in [6.07, 6.45) is -4.69. The Morgan fingerprint density at radius 3 is 2.18 bits per heavy atom. The number of anilines is 1. The SMILES string of the molecule is CC(C)[C@@H](NC(=O)c1ccccc1)C(=O)N1CCN(c2ccc(C(F)(F)F)cc2[N+](=O)[O-])CC1. The molecule has 2 aromatic carbocycles. The smallest absolute Gasteiger partial charge is 0.362 e. The molecule has 34 heavy (non-hydrogen) atoms. The highest BCUT2D eigenvalue weighted by Crippen LogP contribution is 2.36. The number of piperazine rings is 1. The van der Waals surface area contributed by atoms with Gasteiger partial charge in [-0.3, -0.25) is 19.7 Å². The van der Waals surface area contributed by atoms with Gasteiger partial charge >= 0.3 is 6.18 Å². The predicted octanol–water partition coefficient (Wildman–Crippen LogP) is 3.72. The summed E-state index contributed by atoms with van der Waals surface area (Å²) < 4.78 is 38.9. The van der Waals surface area contributed by atoms with Crippen molar-refractivity contribution in [3.8, 4) is 0 Å². The van der Waals surface area contributed by atoms with E-state index < -0.39 is 28.4 Å². The van der Waals surface area contributed by atoms with Crippen LogP contribution in [0.5, 0.6) is 0 Å². The number of nitro benzene ring substituents is 1. The minimum absolute atomic E-state index is 0.0721. The Morgan fingerprint density at radius 1 is 1.03 bits per heavy atom. The standard InChI is InChI=1S/C23H25F3N4O4/c1-15(2)20(27-21(31)16-6-4-3-5-7-16)22(32)29-12-10-28(11-13-29)18-9-8-17(23(24,25)26)14-19(18)30(33)34/h3-9,14-15,20H,10-13H2,1-2H3,(H,27,31)/t20-/m1/s1. The molecule has 0 spiro atoms. The van der Waals surface area contributed by atoms with E-state index in [1.54, 1.807) is 40.1 Å². The number of amides is 2. The van der Waals surface area contributed by atoms with Gasteiger partial charge in [0.1, 0.15) is 11.7 Å². The van der Waals surface area contributed by atoms with Gasteiger partial charge < -0.3 is 15.1 Å². The van der Waals surface area contributed by atoms with E-state index >= 15 is 0 Å². The van der Waals surface area contributed by atoms with Crippen LogP contribution in [0.15, 0.2) is 48.5 Å². The van der Waals surface area contributed by atoms with Crippen molar-refractivity contribution in [1.82, 2.24) is 10.2 Å². The van der Waals surface area contributed by atoms with Gasteiger partial charge in [0, 0.05) is 37.8 Å². The summed E-state index contributed by atoms with van der Waals surface area (Å²) >= 11 is 0. The first kappa shape index (κ1) is 25.0. The zero-order valence-electron chi connectivity index (χ0n) is 18.7. The van der Waals surface area contributed by atoms with E-state index in [1.807, 2.05) is 13.8 Å². The number of nitrogens with one attached hydrogen (secondary N) is 1. The van der Waals surface area contributed by atoms with Crippen LogP contribution in [0.3, 0.4) is 0 Å². The Kier molecular flexibility index (Phi) is 7.43. The van der Waals surface area contributed by atoms with Gasteiger partial charge in [0.25, 0.3) is 11.6 Å². The topological polar surface area (TPSA) is 95.8 Å². The van der Waals surface area contributed by atoms with Gasteiger partial charge in [-0.15, -0.1) is 0 Å². The summed E-state index contributed by atoms with van der Waals surface area (Å²) in [5.74, 6) is -0.832. The number of carbonyl (C=O) groups excluding carboxylic acids is 2. The lowest BCUT2D eigenvalue weighted by Gasteiger charge is -2.38. The molecule has 0 aliphatic carbocycles. The monoisotopic (exact) mass is 478 g/mol. The molecule has 1 N–H and O–H groups in total. The molecule has 1 aliphatic rings. The first-order chi connectivity index (χ1) is 16.0. The third-order valence-corrected chi connectivity index (χ3v) is 5.69. The number of benzene rings is 2. The second-order valence-electron chi connectivity index (χ2n) is 8.33. The maximum Gasteiger partial charge on any atom is 0.416 e. The molecule has 1 heterocycles. The third kappa shape index (κ3) is 5.64. The average molecular weight is 478 g/mol. The van der Waals surface area contributed by atoms with Crippen LogP contribution in [0.1, 0.15) is 29.8 Å². The van der Waals surface area contributed by atoms with Gasteiger partial charge in [0.15, 0.2) is 0 Å². The van der Waals surface area contributed by atoms with Crippen molar-refractivity contribution in [2.24, 2.45) is 5.92 Å². The lowest BCUT2D eigenvalue weighted by molar-refractivity contribution is -0.384. The molecule has 8 nitrogen and oxygen atoms in total. The number of halogens is 3. The van der Waals surface area contributed by atoms with Gasteiger partial charge in [-0.05, 0) is 30.2 Å². The third-order valence-electron chi connectivity index (χ3n) is 5.69. The molecule has 0 aromatic heterocycles. The van der Waals surface area contributed by atoms with Crippen molar-refractivity contribution in [2.75, 3.05) is 31.1 Å². The van der Waals surface area contributed by atoms with E-state index in [0.29, 0.717) is 11.6 Å². The van der Waals surface area contributed by atoms with E-state index in [-0.39, 0.29) is 49.6 Å². The number of rotatable bonds is 6. The van der Waals surface area contributed by atoms with Crippen molar-refractivity contribution in [3.63, 3.8) is 0 Å². The molecule has 1 atom stereocenters. The number of nitrogens with zero attached hydrogens (tertiary/aromatic N) is 3. The van der Waals surface area contributed by atoms with Crippen molar-refractivity contribution in [2.45, 2.75) is 26.1 Å². The highest BCUT2D eigenvalue weighted by atomic mass is 19.4. The van der Waals surface area contributed by atoms with Crippen molar-refractivity contribution in [1.29, 1.82) is 0 Å². The lowest BCUT2D eigenvalue weighted by atomic mass is 10.0. The first-order valence-electron chi connectivity index (χ1n) is 10.7. The van der Waals surface area contributed by atoms with Crippen LogP contribution in [0.2, 0.25) is 0 Å². The summed E-state index contributed by atoms with van der Waals surface area (Å²) in [6, 6.07) is 10.2. The minimum atomic E-state index is -4.69. The van der Waals surface area contributed by atoms with Crippen molar-refractivity contribution >= 4 is 23.2 Å². The number of alkyl halides is 3. The fourth-order valence-electron chi connectivity index (χ4n) is 3.81. The van der Waals surface area contributed by atoms with Crippen LogP contribution in [0.4, 0.5) is 24.5 Å². The van der Waals surface area contributed by atoms with Crippen molar-refractivity contribution in [3.05, 3.63) is 69.8 Å². The molecule has 182 valence electrons. The van der Waals surface area contributed by atoms with Crippen LogP contribution in [-0.2, 0) is 11.0 Å². The predicted molar refractivity (Wildman–Crippen MR) is 119 cm³/mol. The second-order valence-corrected chi connectivity index (χ2v) is 8.33. The highest BCUT2D eigenvalue weighted by Gasteiger charge is 2.35.